The Kier molecular flexibility index (Phi) is 6.53. The number of rotatable bonds is 6. The minimum Gasteiger partial charge on any atom is -0.192 e. The molecule has 0 heterocycles. The monoisotopic (exact) mass is 265 g/mol. The summed E-state index contributed by atoms with van der Waals surface area (Å²) in [6, 6.07) is 8.56. The maximum absolute atomic E-state index is 9.33. The molecule has 0 bridgehead atoms. The Bertz CT molecular complexity index is 568. The molecule has 1 aromatic rings. The van der Waals surface area contributed by atoms with Crippen molar-refractivity contribution in [3.63, 3.8) is 0 Å². The molecular formula is C19H23N. The van der Waals surface area contributed by atoms with Crippen LogP contribution in [0, 0.1) is 11.3 Å². The highest BCUT2D eigenvalue weighted by atomic mass is 14.2. The number of aryl methyl sites for hydroxylation is 1. The van der Waals surface area contributed by atoms with Crippen LogP contribution in [0.1, 0.15) is 43.9 Å². The molecule has 0 aromatic heterocycles. The Balaban J connectivity index is 3.07. The van der Waals surface area contributed by atoms with Gasteiger partial charge in [0.05, 0.1) is 11.6 Å². The molecule has 1 nitrogen and oxygen atoms in total. The highest BCUT2D eigenvalue weighted by molar-refractivity contribution is 5.44. The number of benzene rings is 1. The lowest BCUT2D eigenvalue weighted by Crippen LogP contribution is -1.95. The zero-order chi connectivity index (χ0) is 15.0. The standard InChI is InChI=1S/C19H23N/c1-5-7-16-9-10-18(19(12-16)14-20)13-17(8-6-2)11-15(3)4/h6,8-12H,3,5,7,13H2,1-2,4H3/b8-6-,17-11+. The van der Waals surface area contributed by atoms with Crippen molar-refractivity contribution in [2.75, 3.05) is 0 Å². The second-order valence-electron chi connectivity index (χ2n) is 5.10. The van der Waals surface area contributed by atoms with Gasteiger partial charge in [-0.2, -0.15) is 5.26 Å². The van der Waals surface area contributed by atoms with Crippen LogP contribution in [0.25, 0.3) is 0 Å². The molecule has 0 aliphatic rings. The summed E-state index contributed by atoms with van der Waals surface area (Å²) in [6.07, 6.45) is 9.07. The normalized spacial score (nSPS) is 11.6. The number of hydrogen-bond donors (Lipinski definition) is 0. The Morgan fingerprint density at radius 3 is 2.70 bits per heavy atom. The molecule has 1 rings (SSSR count). The van der Waals surface area contributed by atoms with Crippen LogP contribution in [0.15, 0.2) is 54.2 Å². The molecule has 0 radical (unpaired) electrons. The van der Waals surface area contributed by atoms with Crippen molar-refractivity contribution in [1.29, 1.82) is 5.26 Å². The average molecular weight is 265 g/mol. The predicted octanol–water partition coefficient (Wildman–Crippen LogP) is 5.13. The van der Waals surface area contributed by atoms with Gasteiger partial charge in [-0.1, -0.05) is 55.9 Å². The first-order valence-electron chi connectivity index (χ1n) is 7.11. The van der Waals surface area contributed by atoms with Crippen LogP contribution >= 0.6 is 0 Å². The smallest absolute Gasteiger partial charge is 0.0994 e. The van der Waals surface area contributed by atoms with Gasteiger partial charge in [0, 0.05) is 0 Å². The summed E-state index contributed by atoms with van der Waals surface area (Å²) in [7, 11) is 0. The molecule has 0 saturated carbocycles. The fraction of sp³-hybridized carbons (Fsp3) is 0.316. The van der Waals surface area contributed by atoms with E-state index in [0.717, 1.165) is 36.0 Å². The zero-order valence-electron chi connectivity index (χ0n) is 12.7. The molecule has 20 heavy (non-hydrogen) atoms. The lowest BCUT2D eigenvalue weighted by Gasteiger charge is -2.08. The molecule has 0 spiro atoms. The Morgan fingerprint density at radius 1 is 1.40 bits per heavy atom. The van der Waals surface area contributed by atoms with Crippen molar-refractivity contribution >= 4 is 0 Å². The first kappa shape index (κ1) is 16.0. The minimum absolute atomic E-state index is 0.770. The van der Waals surface area contributed by atoms with Crippen LogP contribution < -0.4 is 0 Å². The van der Waals surface area contributed by atoms with Crippen LogP contribution in [-0.4, -0.2) is 0 Å². The summed E-state index contributed by atoms with van der Waals surface area (Å²) in [4.78, 5) is 0. The molecule has 0 aliphatic heterocycles. The number of nitriles is 1. The van der Waals surface area contributed by atoms with E-state index in [1.807, 2.05) is 26.0 Å². The molecule has 0 atom stereocenters. The van der Waals surface area contributed by atoms with Gasteiger partial charge in [0.15, 0.2) is 0 Å². The third-order valence-electron chi connectivity index (χ3n) is 3.04. The highest BCUT2D eigenvalue weighted by Gasteiger charge is 2.05. The Hall–Kier alpha value is -2.07. The van der Waals surface area contributed by atoms with Gasteiger partial charge in [-0.3, -0.25) is 0 Å². The van der Waals surface area contributed by atoms with Crippen LogP contribution in [0.2, 0.25) is 0 Å². The van der Waals surface area contributed by atoms with Gasteiger partial charge in [-0.15, -0.1) is 0 Å². The summed E-state index contributed by atoms with van der Waals surface area (Å²) in [6.45, 7) is 10.1. The predicted molar refractivity (Wildman–Crippen MR) is 86.6 cm³/mol. The lowest BCUT2D eigenvalue weighted by molar-refractivity contribution is 0.919. The van der Waals surface area contributed by atoms with Crippen molar-refractivity contribution in [3.8, 4) is 6.07 Å². The van der Waals surface area contributed by atoms with Gasteiger partial charge in [-0.25, -0.2) is 0 Å². The van der Waals surface area contributed by atoms with Gasteiger partial charge < -0.3 is 0 Å². The van der Waals surface area contributed by atoms with Crippen LogP contribution in [-0.2, 0) is 12.8 Å². The van der Waals surface area contributed by atoms with Crippen molar-refractivity contribution < 1.29 is 0 Å². The van der Waals surface area contributed by atoms with Crippen molar-refractivity contribution in [2.24, 2.45) is 0 Å². The molecule has 0 fully saturated rings. The first-order chi connectivity index (χ1) is 9.60. The molecule has 0 saturated heterocycles. The van der Waals surface area contributed by atoms with Crippen LogP contribution in [0.5, 0.6) is 0 Å². The van der Waals surface area contributed by atoms with Gasteiger partial charge in [-0.05, 0) is 49.5 Å². The zero-order valence-corrected chi connectivity index (χ0v) is 12.7. The van der Waals surface area contributed by atoms with Gasteiger partial charge in [0.1, 0.15) is 0 Å². The van der Waals surface area contributed by atoms with E-state index in [0.29, 0.717) is 0 Å². The van der Waals surface area contributed by atoms with Gasteiger partial charge >= 0.3 is 0 Å². The Labute approximate surface area is 122 Å². The van der Waals surface area contributed by atoms with Crippen molar-refractivity contribution in [3.05, 3.63) is 70.8 Å². The molecule has 0 aliphatic carbocycles. The third kappa shape index (κ3) is 4.90. The second-order valence-corrected chi connectivity index (χ2v) is 5.10. The van der Waals surface area contributed by atoms with E-state index < -0.39 is 0 Å². The van der Waals surface area contributed by atoms with E-state index >= 15 is 0 Å². The van der Waals surface area contributed by atoms with E-state index in [1.54, 1.807) is 0 Å². The highest BCUT2D eigenvalue weighted by Crippen LogP contribution is 2.18. The molecule has 1 heteroatoms. The Morgan fingerprint density at radius 2 is 2.15 bits per heavy atom. The SMILES string of the molecule is C=C(C)/C=C(\C=C/C)Cc1ccc(CCC)cc1C#N. The maximum atomic E-state index is 9.33. The number of allylic oxidation sites excluding steroid dienone is 5. The fourth-order valence-corrected chi connectivity index (χ4v) is 2.23. The van der Waals surface area contributed by atoms with E-state index in [1.165, 1.54) is 11.1 Å². The lowest BCUT2D eigenvalue weighted by atomic mass is 9.96. The average Bonchev–Trinajstić information content (AvgIpc) is 2.40. The number of hydrogen-bond acceptors (Lipinski definition) is 1. The first-order valence-corrected chi connectivity index (χ1v) is 7.11. The van der Waals surface area contributed by atoms with Gasteiger partial charge in [0.25, 0.3) is 0 Å². The molecule has 104 valence electrons. The number of nitrogens with zero attached hydrogens (tertiary/aromatic N) is 1. The van der Waals surface area contributed by atoms with Crippen LogP contribution in [0.3, 0.4) is 0 Å². The molecular weight excluding hydrogens is 242 g/mol. The van der Waals surface area contributed by atoms with Gasteiger partial charge in [0.2, 0.25) is 0 Å². The molecule has 0 unspecified atom stereocenters. The minimum atomic E-state index is 0.770. The van der Waals surface area contributed by atoms with E-state index in [2.05, 4.69) is 43.9 Å². The summed E-state index contributed by atoms with van der Waals surface area (Å²) in [5.41, 5.74) is 5.31. The summed E-state index contributed by atoms with van der Waals surface area (Å²) in [5.74, 6) is 0. The summed E-state index contributed by atoms with van der Waals surface area (Å²) < 4.78 is 0. The van der Waals surface area contributed by atoms with Crippen LogP contribution in [0.4, 0.5) is 0 Å². The fourth-order valence-electron chi connectivity index (χ4n) is 2.23. The molecule has 0 N–H and O–H groups in total. The molecule has 0 amide bonds. The van der Waals surface area contributed by atoms with E-state index in [-0.39, 0.29) is 0 Å². The largest absolute Gasteiger partial charge is 0.192 e. The topological polar surface area (TPSA) is 23.8 Å². The molecule has 1 aromatic carbocycles. The summed E-state index contributed by atoms with van der Waals surface area (Å²) in [5, 5.41) is 9.33. The second kappa shape index (κ2) is 8.17. The summed E-state index contributed by atoms with van der Waals surface area (Å²) >= 11 is 0. The van der Waals surface area contributed by atoms with Crippen molar-refractivity contribution in [2.45, 2.75) is 40.0 Å². The van der Waals surface area contributed by atoms with E-state index in [9.17, 15) is 5.26 Å². The maximum Gasteiger partial charge on any atom is 0.0994 e. The van der Waals surface area contributed by atoms with Crippen molar-refractivity contribution in [1.82, 2.24) is 0 Å². The van der Waals surface area contributed by atoms with E-state index in [4.69, 9.17) is 0 Å². The quantitative estimate of drug-likeness (QED) is 0.654. The third-order valence-corrected chi connectivity index (χ3v) is 3.04.